The number of carbonyl (C=O) groups is 2. The Balaban J connectivity index is 2.11. The standard InChI is InChI=1S/C38H63IN2O14/c1-12-13-14-50-36(47)40-25-16-20(3)51-34(28(25)43)54-30-21(4)29(53-27-17-37(8,49-11)32(45)24(7)52-27)22(5)33(46)55-35(39)38(9,48)31(44)23(6)41(10)18-19(2)15-26(30)42/h1,19-25,27-29,31-32,34-35,42-45,48H,13-18H2,2-11H3,(H,40,47)/b30-26-/t19-,20-,21+,22-,23-,24+,25+,27+,28-,29+,31-,32+,34+,35+,37-,38+/m1/s1. The number of likely N-dealkylation sites (N-methyl/N-ethyl adjacent to an activating group) is 1. The van der Waals surface area contributed by atoms with E-state index in [1.54, 1.807) is 71.2 Å². The zero-order chi connectivity index (χ0) is 41.6. The van der Waals surface area contributed by atoms with Crippen molar-refractivity contribution >= 4 is 34.7 Å². The first-order valence-electron chi connectivity index (χ1n) is 18.9. The first-order valence-corrected chi connectivity index (χ1v) is 20.1. The smallest absolute Gasteiger partial charge is 0.407 e. The molecule has 0 aromatic rings. The summed E-state index contributed by atoms with van der Waals surface area (Å²) in [6.07, 6.45) is -3.55. The minimum Gasteiger partial charge on any atom is -0.509 e. The van der Waals surface area contributed by atoms with Gasteiger partial charge >= 0.3 is 12.1 Å². The largest absolute Gasteiger partial charge is 0.509 e. The quantitative estimate of drug-likeness (QED) is 0.0680. The summed E-state index contributed by atoms with van der Waals surface area (Å²) in [5.74, 6) is -0.989. The molecule has 3 aliphatic rings. The van der Waals surface area contributed by atoms with E-state index in [9.17, 15) is 35.1 Å². The summed E-state index contributed by atoms with van der Waals surface area (Å²) in [6.45, 7) is 13.7. The number of alkyl halides is 1. The van der Waals surface area contributed by atoms with Crippen molar-refractivity contribution in [2.75, 3.05) is 27.3 Å². The van der Waals surface area contributed by atoms with Gasteiger partial charge in [-0.2, -0.15) is 0 Å². The number of terminal acetylenes is 1. The van der Waals surface area contributed by atoms with Gasteiger partial charge in [0.2, 0.25) is 6.29 Å². The van der Waals surface area contributed by atoms with Crippen LogP contribution in [0, 0.1) is 30.1 Å². The average Bonchev–Trinajstić information content (AvgIpc) is 3.11. The van der Waals surface area contributed by atoms with Gasteiger partial charge in [-0.05, 0) is 83.5 Å². The molecule has 316 valence electrons. The molecule has 0 saturated carbocycles. The van der Waals surface area contributed by atoms with Crippen molar-refractivity contribution in [2.24, 2.45) is 17.8 Å². The van der Waals surface area contributed by atoms with Crippen LogP contribution in [-0.2, 0) is 38.0 Å². The second-order valence-corrected chi connectivity index (χ2v) is 17.0. The number of alkyl carbamates (subject to hydrolysis) is 1. The number of cyclic esters (lactones) is 1. The van der Waals surface area contributed by atoms with Crippen LogP contribution in [-0.4, -0.2) is 146 Å². The second kappa shape index (κ2) is 20.1. The number of aliphatic hydroxyl groups is 5. The Morgan fingerprint density at radius 3 is 2.36 bits per heavy atom. The number of esters is 1. The Morgan fingerprint density at radius 2 is 1.75 bits per heavy atom. The number of amides is 1. The van der Waals surface area contributed by atoms with E-state index in [0.29, 0.717) is 6.54 Å². The van der Waals surface area contributed by atoms with Gasteiger partial charge in [-0.3, -0.25) is 4.79 Å². The molecular weight excluding hydrogens is 835 g/mol. The maximum absolute atomic E-state index is 14.0. The van der Waals surface area contributed by atoms with Crippen molar-refractivity contribution in [3.05, 3.63) is 11.5 Å². The summed E-state index contributed by atoms with van der Waals surface area (Å²) in [4.78, 5) is 28.4. The number of methoxy groups -OCH3 is 1. The zero-order valence-corrected chi connectivity index (χ0v) is 35.8. The van der Waals surface area contributed by atoms with E-state index in [1.807, 2.05) is 11.8 Å². The minimum atomic E-state index is -1.87. The van der Waals surface area contributed by atoms with Gasteiger partial charge in [0, 0.05) is 44.9 Å². The van der Waals surface area contributed by atoms with E-state index in [1.165, 1.54) is 14.0 Å². The first-order chi connectivity index (χ1) is 25.6. The lowest BCUT2D eigenvalue weighted by atomic mass is 9.87. The lowest BCUT2D eigenvalue weighted by Crippen LogP contribution is -2.58. The average molecular weight is 899 g/mol. The van der Waals surface area contributed by atoms with Gasteiger partial charge in [0.15, 0.2) is 10.4 Å². The number of carbonyl (C=O) groups excluding carboxylic acids is 2. The predicted octanol–water partition coefficient (Wildman–Crippen LogP) is 2.72. The Hall–Kier alpha value is -1.99. The van der Waals surface area contributed by atoms with Crippen molar-refractivity contribution in [2.45, 2.75) is 158 Å². The third-order valence-corrected chi connectivity index (χ3v) is 12.6. The van der Waals surface area contributed by atoms with E-state index < -0.39 is 100 Å². The SMILES string of the molecule is C#CCCOC(=O)N[C@H]1C[C@@H](C)O[C@@H](O/C2=C(\O)C[C@@H](C)CN(C)[C@H](C)[C@@H](O)[C@](C)(O)[C@@H](I)OC(=O)[C@H](C)[C@@H](O[C@H]3C[C@@](C)(OC)[C@@H](O)[C@H](C)O3)[C@@H]2C)[C@@H]1O. The molecule has 2 saturated heterocycles. The Bertz CT molecular complexity index is 1360. The van der Waals surface area contributed by atoms with Crippen molar-refractivity contribution in [3.63, 3.8) is 0 Å². The van der Waals surface area contributed by atoms with E-state index >= 15 is 0 Å². The normalized spacial score (nSPS) is 44.3. The summed E-state index contributed by atoms with van der Waals surface area (Å²) in [6, 6.07) is -1.46. The molecule has 3 aliphatic heterocycles. The van der Waals surface area contributed by atoms with Crippen LogP contribution in [0.4, 0.5) is 4.79 Å². The predicted molar refractivity (Wildman–Crippen MR) is 207 cm³/mol. The van der Waals surface area contributed by atoms with Crippen molar-refractivity contribution < 1.29 is 68.3 Å². The van der Waals surface area contributed by atoms with Crippen molar-refractivity contribution in [3.8, 4) is 12.3 Å². The molecule has 6 N–H and O–H groups in total. The monoisotopic (exact) mass is 898 g/mol. The molecule has 0 unspecified atom stereocenters. The number of nitrogens with one attached hydrogen (secondary N) is 1. The molecule has 0 spiro atoms. The minimum absolute atomic E-state index is 0.00957. The fourth-order valence-corrected chi connectivity index (χ4v) is 7.94. The zero-order valence-electron chi connectivity index (χ0n) is 33.6. The van der Waals surface area contributed by atoms with Gasteiger partial charge in [0.25, 0.3) is 0 Å². The van der Waals surface area contributed by atoms with Crippen LogP contribution in [0.2, 0.25) is 0 Å². The van der Waals surface area contributed by atoms with Crippen LogP contribution in [0.5, 0.6) is 0 Å². The van der Waals surface area contributed by atoms with E-state index in [0.717, 1.165) is 0 Å². The Labute approximate surface area is 338 Å². The number of nitrogens with zero attached hydrogens (tertiary/aromatic N) is 1. The summed E-state index contributed by atoms with van der Waals surface area (Å²) >= 11 is 1.78. The van der Waals surface area contributed by atoms with Crippen LogP contribution < -0.4 is 5.32 Å². The molecule has 0 bridgehead atoms. The molecule has 17 heteroatoms. The number of hydrogen-bond donors (Lipinski definition) is 6. The highest BCUT2D eigenvalue weighted by atomic mass is 127. The molecule has 16 nitrogen and oxygen atoms in total. The molecule has 3 heterocycles. The maximum atomic E-state index is 14.0. The fraction of sp³-hybridized carbons (Fsp3) is 0.842. The molecule has 0 aromatic heterocycles. The van der Waals surface area contributed by atoms with Gasteiger partial charge in [-0.25, -0.2) is 4.79 Å². The number of ether oxygens (including phenoxy) is 7. The number of allylic oxidation sites excluding steroid dienone is 1. The number of halogens is 1. The highest BCUT2D eigenvalue weighted by Crippen LogP contribution is 2.39. The third kappa shape index (κ3) is 11.8. The molecule has 0 aliphatic carbocycles. The summed E-state index contributed by atoms with van der Waals surface area (Å²) in [5.41, 5.74) is -2.95. The number of hydrogen-bond acceptors (Lipinski definition) is 15. The lowest BCUT2D eigenvalue weighted by Gasteiger charge is -2.46. The molecule has 55 heavy (non-hydrogen) atoms. The number of aliphatic hydroxyl groups excluding tert-OH is 4. The molecule has 3 rings (SSSR count). The topological polar surface area (TPSA) is 215 Å². The molecule has 0 radical (unpaired) electrons. The van der Waals surface area contributed by atoms with Gasteiger partial charge in [-0.1, -0.05) is 13.8 Å². The van der Waals surface area contributed by atoms with Crippen molar-refractivity contribution in [1.82, 2.24) is 10.2 Å². The summed E-state index contributed by atoms with van der Waals surface area (Å²) in [7, 11) is 3.24. The molecule has 2 fully saturated rings. The first kappa shape index (κ1) is 47.4. The molecule has 16 atom stereocenters. The molecule has 1 amide bonds. The van der Waals surface area contributed by atoms with Crippen molar-refractivity contribution in [1.29, 1.82) is 0 Å². The van der Waals surface area contributed by atoms with Crippen LogP contribution in [0.1, 0.15) is 81.1 Å². The fourth-order valence-electron chi connectivity index (χ4n) is 7.32. The maximum Gasteiger partial charge on any atom is 0.407 e. The third-order valence-electron chi connectivity index (χ3n) is 11.1. The van der Waals surface area contributed by atoms with E-state index in [-0.39, 0.29) is 49.7 Å². The van der Waals surface area contributed by atoms with Crippen LogP contribution in [0.15, 0.2) is 11.5 Å². The number of rotatable bonds is 8. The molecule has 0 aromatic carbocycles. The van der Waals surface area contributed by atoms with E-state index in [2.05, 4.69) is 11.2 Å². The highest BCUT2D eigenvalue weighted by molar-refractivity contribution is 14.1. The molecular formula is C38H63IN2O14. The van der Waals surface area contributed by atoms with Gasteiger partial charge < -0.3 is 68.9 Å². The highest BCUT2D eigenvalue weighted by Gasteiger charge is 2.50. The van der Waals surface area contributed by atoms with Gasteiger partial charge in [0.1, 0.15) is 42.0 Å². The van der Waals surface area contributed by atoms with E-state index in [4.69, 9.17) is 39.6 Å². The summed E-state index contributed by atoms with van der Waals surface area (Å²) < 4.78 is 40.5. The Kier molecular flexibility index (Phi) is 17.3. The van der Waals surface area contributed by atoms with Gasteiger partial charge in [-0.15, -0.1) is 12.3 Å². The second-order valence-electron chi connectivity index (χ2n) is 15.8. The Morgan fingerprint density at radius 1 is 1.09 bits per heavy atom. The van der Waals surface area contributed by atoms with Gasteiger partial charge in [0.05, 0.1) is 35.9 Å². The van der Waals surface area contributed by atoms with Crippen LogP contribution >= 0.6 is 22.6 Å². The van der Waals surface area contributed by atoms with Crippen LogP contribution in [0.25, 0.3) is 0 Å². The summed E-state index contributed by atoms with van der Waals surface area (Å²) in [5, 5.41) is 59.8. The van der Waals surface area contributed by atoms with Crippen LogP contribution in [0.3, 0.4) is 0 Å². The lowest BCUT2D eigenvalue weighted by molar-refractivity contribution is -0.296.